The fourth-order valence-corrected chi connectivity index (χ4v) is 6.48. The maximum atomic E-state index is 13.0. The van der Waals surface area contributed by atoms with E-state index in [-0.39, 0.29) is 21.4 Å². The summed E-state index contributed by atoms with van der Waals surface area (Å²) < 4.78 is -2.23. The van der Waals surface area contributed by atoms with Gasteiger partial charge in [0.1, 0.15) is 9.75 Å². The Kier molecular flexibility index (Phi) is 5.27. The number of carbonyl (C=O) groups excluding carboxylic acids is 1. The lowest BCUT2D eigenvalue weighted by Crippen LogP contribution is -2.47. The molecule has 2 N–H and O–H groups in total. The largest absolute Gasteiger partial charge is 0.481 e. The van der Waals surface area contributed by atoms with Crippen LogP contribution in [0.25, 0.3) is 0 Å². The zero-order chi connectivity index (χ0) is 21.2. The van der Waals surface area contributed by atoms with E-state index in [1.54, 1.807) is 0 Å². The van der Waals surface area contributed by atoms with Gasteiger partial charge >= 0.3 is 5.97 Å². The summed E-state index contributed by atoms with van der Waals surface area (Å²) in [6.45, 7) is 0. The highest BCUT2D eigenvalue weighted by atomic mass is 35.5. The molecule has 4 atom stereocenters. The Labute approximate surface area is 187 Å². The number of aliphatic carboxylic acids is 1. The van der Waals surface area contributed by atoms with Crippen LogP contribution in [0.2, 0.25) is 0 Å². The molecular weight excluding hydrogens is 501 g/mol. The van der Waals surface area contributed by atoms with Crippen LogP contribution in [-0.2, 0) is 9.59 Å². The molecule has 1 fully saturated rings. The molecule has 3 rings (SSSR count). The number of carboxylic acid groups (broad SMARTS) is 1. The van der Waals surface area contributed by atoms with Gasteiger partial charge in [0, 0.05) is 17.8 Å². The molecule has 2 bridgehead atoms. The number of anilines is 1. The van der Waals surface area contributed by atoms with Crippen molar-refractivity contribution in [3.8, 4) is 0 Å². The fraction of sp³-hybridized carbons (Fsp3) is 0.333. The van der Waals surface area contributed by atoms with Gasteiger partial charge in [0.15, 0.2) is 4.33 Å². The Hall–Kier alpha value is -0.960. The number of nitrogens with one attached hydrogen (secondary N) is 1. The number of hydrogen-bond acceptors (Lipinski definition) is 4. The summed E-state index contributed by atoms with van der Waals surface area (Å²) in [6, 6.07) is 4.99. The molecule has 0 spiro atoms. The van der Waals surface area contributed by atoms with Crippen molar-refractivity contribution in [1.29, 1.82) is 0 Å². The molecule has 1 aromatic carbocycles. The van der Waals surface area contributed by atoms with Gasteiger partial charge in [-0.3, -0.25) is 19.7 Å². The summed E-state index contributed by atoms with van der Waals surface area (Å²) in [5.74, 6) is -5.83. The Morgan fingerprint density at radius 3 is 2.11 bits per heavy atom. The molecule has 1 saturated carbocycles. The van der Waals surface area contributed by atoms with Crippen molar-refractivity contribution in [3.05, 3.63) is 44.4 Å². The minimum atomic E-state index is -2.23. The highest BCUT2D eigenvalue weighted by Crippen LogP contribution is 2.76. The molecule has 0 aromatic heterocycles. The first-order valence-corrected chi connectivity index (χ1v) is 9.68. The number of rotatable bonds is 4. The van der Waals surface area contributed by atoms with Crippen LogP contribution < -0.4 is 5.32 Å². The van der Waals surface area contributed by atoms with Gasteiger partial charge in [-0.05, 0) is 6.07 Å². The monoisotopic (exact) mass is 506 g/mol. The summed E-state index contributed by atoms with van der Waals surface area (Å²) in [4.78, 5) is 30.8. The number of nitro benzene ring substituents is 1. The molecule has 0 unspecified atom stereocenters. The lowest BCUT2D eigenvalue weighted by molar-refractivity contribution is -0.384. The number of allylic oxidation sites excluding steroid dienone is 2. The number of halogens is 6. The highest BCUT2D eigenvalue weighted by Gasteiger charge is 2.85. The molecule has 150 valence electrons. The van der Waals surface area contributed by atoms with Crippen LogP contribution in [0.5, 0.6) is 0 Å². The summed E-state index contributed by atoms with van der Waals surface area (Å²) in [7, 11) is 0. The molecule has 13 heteroatoms. The second-order valence-electron chi connectivity index (χ2n) is 6.22. The topological polar surface area (TPSA) is 110 Å². The first-order valence-electron chi connectivity index (χ1n) is 7.41. The summed E-state index contributed by atoms with van der Waals surface area (Å²) in [5, 5.41) is 22.3. The van der Waals surface area contributed by atoms with Crippen molar-refractivity contribution in [2.24, 2.45) is 11.8 Å². The van der Waals surface area contributed by atoms with Gasteiger partial charge in [0.2, 0.25) is 5.91 Å². The third-order valence-electron chi connectivity index (χ3n) is 4.81. The van der Waals surface area contributed by atoms with Crippen LogP contribution in [0.1, 0.15) is 0 Å². The lowest BCUT2D eigenvalue weighted by Gasteiger charge is -2.33. The minimum absolute atomic E-state index is 0.0240. The van der Waals surface area contributed by atoms with E-state index in [1.165, 1.54) is 18.2 Å². The summed E-state index contributed by atoms with van der Waals surface area (Å²) in [6.07, 6.45) is 0. The second-order valence-corrected chi connectivity index (χ2v) is 9.49. The Morgan fingerprint density at radius 2 is 1.61 bits per heavy atom. The maximum Gasteiger partial charge on any atom is 0.309 e. The second kappa shape index (κ2) is 6.79. The number of non-ortho nitro benzene ring substituents is 1. The van der Waals surface area contributed by atoms with Crippen LogP contribution in [0.4, 0.5) is 11.4 Å². The third-order valence-corrected chi connectivity index (χ3v) is 9.07. The van der Waals surface area contributed by atoms with Crippen LogP contribution in [-0.4, -0.2) is 36.0 Å². The van der Waals surface area contributed by atoms with Gasteiger partial charge in [-0.2, -0.15) is 0 Å². The predicted octanol–water partition coefficient (Wildman–Crippen LogP) is 4.70. The Bertz CT molecular complexity index is 953. The Balaban J connectivity index is 2.08. The smallest absolute Gasteiger partial charge is 0.309 e. The van der Waals surface area contributed by atoms with Crippen molar-refractivity contribution in [3.63, 3.8) is 0 Å². The molecule has 28 heavy (non-hydrogen) atoms. The predicted molar refractivity (Wildman–Crippen MR) is 107 cm³/mol. The zero-order valence-electron chi connectivity index (χ0n) is 13.3. The number of carbonyl (C=O) groups is 2. The van der Waals surface area contributed by atoms with Crippen molar-refractivity contribution in [2.45, 2.75) is 14.1 Å². The first kappa shape index (κ1) is 21.7. The lowest BCUT2D eigenvalue weighted by atomic mass is 9.81. The molecule has 0 saturated heterocycles. The molecule has 1 aromatic rings. The van der Waals surface area contributed by atoms with Crippen LogP contribution in [0.15, 0.2) is 34.3 Å². The molecule has 7 nitrogen and oxygen atoms in total. The molecule has 0 heterocycles. The van der Waals surface area contributed by atoms with Crippen molar-refractivity contribution >= 4 is 92.9 Å². The van der Waals surface area contributed by atoms with E-state index in [0.717, 1.165) is 6.07 Å². The number of carboxylic acids is 1. The molecule has 0 aliphatic heterocycles. The molecular formula is C15H8Cl6N2O5. The molecule has 2 aliphatic carbocycles. The van der Waals surface area contributed by atoms with E-state index in [1.807, 2.05) is 0 Å². The molecule has 1 amide bonds. The van der Waals surface area contributed by atoms with Crippen LogP contribution in [0, 0.1) is 22.0 Å². The number of fused-ring (bicyclic) bond motifs is 2. The van der Waals surface area contributed by atoms with Gasteiger partial charge in [0.25, 0.3) is 5.69 Å². The normalized spacial score (nSPS) is 33.1. The van der Waals surface area contributed by atoms with Crippen molar-refractivity contribution in [2.75, 3.05) is 5.32 Å². The van der Waals surface area contributed by atoms with Gasteiger partial charge < -0.3 is 10.4 Å². The van der Waals surface area contributed by atoms with Crippen LogP contribution >= 0.6 is 69.6 Å². The van der Waals surface area contributed by atoms with E-state index < -0.39 is 42.7 Å². The van der Waals surface area contributed by atoms with E-state index in [4.69, 9.17) is 69.6 Å². The highest BCUT2D eigenvalue weighted by molar-refractivity contribution is 6.66. The zero-order valence-corrected chi connectivity index (χ0v) is 17.8. The van der Waals surface area contributed by atoms with E-state index in [9.17, 15) is 24.8 Å². The third kappa shape index (κ3) is 2.57. The SMILES string of the molecule is O=C(O)[C@@H]1[C@@H](C(=O)Nc2cccc([N+](=O)[O-])c2)[C@@]2(Cl)C(Cl)=C(Cl)[C@@]1(Cl)C2(Cl)Cl. The number of alkyl halides is 4. The van der Waals surface area contributed by atoms with E-state index >= 15 is 0 Å². The van der Waals surface area contributed by atoms with E-state index in [2.05, 4.69) is 5.32 Å². The number of nitro groups is 1. The van der Waals surface area contributed by atoms with E-state index in [0.29, 0.717) is 0 Å². The fourth-order valence-electron chi connectivity index (χ4n) is 3.54. The molecule has 2 aliphatic rings. The molecule has 0 radical (unpaired) electrons. The standard InChI is InChI=1S/C15H8Cl6N2O5/c16-9-10(17)14(19)8(12(25)26)7(13(9,18)15(14,20)21)11(24)22-5-2-1-3-6(4-5)23(27)28/h1-4,7-8H,(H,22,24)(H,25,26)/t7-,8-,13+,14+/m0/s1. The van der Waals surface area contributed by atoms with Crippen molar-refractivity contribution < 1.29 is 19.6 Å². The van der Waals surface area contributed by atoms with Crippen molar-refractivity contribution in [1.82, 2.24) is 0 Å². The quantitative estimate of drug-likeness (QED) is 0.348. The van der Waals surface area contributed by atoms with Crippen LogP contribution in [0.3, 0.4) is 0 Å². The number of nitrogens with zero attached hydrogens (tertiary/aromatic N) is 1. The Morgan fingerprint density at radius 1 is 1.07 bits per heavy atom. The summed E-state index contributed by atoms with van der Waals surface area (Å²) in [5.41, 5.74) is -0.268. The maximum absolute atomic E-state index is 13.0. The number of benzene rings is 1. The van der Waals surface area contributed by atoms with Gasteiger partial charge in [-0.25, -0.2) is 0 Å². The average Bonchev–Trinajstić information content (AvgIpc) is 2.82. The summed E-state index contributed by atoms with van der Waals surface area (Å²) >= 11 is 37.8. The number of amides is 1. The first-order chi connectivity index (χ1) is 12.8. The number of hydrogen-bond donors (Lipinski definition) is 2. The average molecular weight is 509 g/mol. The van der Waals surface area contributed by atoms with Gasteiger partial charge in [-0.1, -0.05) is 52.5 Å². The van der Waals surface area contributed by atoms with Gasteiger partial charge in [0.05, 0.1) is 26.8 Å². The van der Waals surface area contributed by atoms with Gasteiger partial charge in [-0.15, -0.1) is 23.2 Å². The minimum Gasteiger partial charge on any atom is -0.481 e.